The number of anilines is 1. The zero-order valence-corrected chi connectivity index (χ0v) is 12.3. The molecule has 0 saturated carbocycles. The predicted octanol–water partition coefficient (Wildman–Crippen LogP) is 1.50. The van der Waals surface area contributed by atoms with Crippen molar-refractivity contribution in [2.24, 2.45) is 5.92 Å². The van der Waals surface area contributed by atoms with Gasteiger partial charge in [0.1, 0.15) is 0 Å². The third-order valence-corrected chi connectivity index (χ3v) is 3.61. The van der Waals surface area contributed by atoms with Crippen LogP contribution < -0.4 is 10.5 Å². The molecule has 9 heteroatoms. The highest BCUT2D eigenvalue weighted by atomic mass is 19.4. The van der Waals surface area contributed by atoms with Crippen molar-refractivity contribution in [2.75, 3.05) is 18.0 Å². The average Bonchev–Trinajstić information content (AvgIpc) is 2.42. The first-order chi connectivity index (χ1) is 10.8. The Kier molecular flexibility index (Phi) is 3.78. The number of aryl methyl sites for hydroxylation is 1. The summed E-state index contributed by atoms with van der Waals surface area (Å²) in [5, 5.41) is 3.41. The van der Waals surface area contributed by atoms with Crippen LogP contribution in [-0.4, -0.2) is 32.8 Å². The molecular weight excluding hydrogens is 311 g/mol. The lowest BCUT2D eigenvalue weighted by Gasteiger charge is -2.39. The number of rotatable bonds is 3. The van der Waals surface area contributed by atoms with Gasteiger partial charge in [0.15, 0.2) is 5.69 Å². The number of nitrogens with zero attached hydrogens (tertiary/aromatic N) is 5. The van der Waals surface area contributed by atoms with Crippen molar-refractivity contribution in [3.8, 4) is 0 Å². The fourth-order valence-electron chi connectivity index (χ4n) is 2.41. The first-order valence-electron chi connectivity index (χ1n) is 7.03. The largest absolute Gasteiger partial charge is 0.435 e. The first kappa shape index (κ1) is 15.4. The molecule has 0 aliphatic carbocycles. The Labute approximate surface area is 129 Å². The molecule has 0 unspecified atom stereocenters. The molecule has 1 aliphatic rings. The number of alkyl halides is 3. The van der Waals surface area contributed by atoms with E-state index in [0.29, 0.717) is 25.1 Å². The molecule has 1 aliphatic heterocycles. The highest BCUT2D eigenvalue weighted by molar-refractivity contribution is 5.34. The Balaban J connectivity index is 1.67. The summed E-state index contributed by atoms with van der Waals surface area (Å²) in [6.45, 7) is 3.15. The summed E-state index contributed by atoms with van der Waals surface area (Å²) in [4.78, 5) is 22.0. The molecule has 0 N–H and O–H groups in total. The van der Waals surface area contributed by atoms with Gasteiger partial charge >= 0.3 is 6.18 Å². The minimum Gasteiger partial charge on any atom is -0.340 e. The highest BCUT2D eigenvalue weighted by Gasteiger charge is 2.34. The molecule has 122 valence electrons. The molecule has 23 heavy (non-hydrogen) atoms. The monoisotopic (exact) mass is 325 g/mol. The Morgan fingerprint density at radius 2 is 2.00 bits per heavy atom. The molecule has 1 fully saturated rings. The second kappa shape index (κ2) is 5.64. The maximum atomic E-state index is 12.7. The fraction of sp³-hybridized carbons (Fsp3) is 0.429. The molecule has 0 aromatic carbocycles. The molecule has 2 aromatic heterocycles. The Morgan fingerprint density at radius 1 is 1.26 bits per heavy atom. The van der Waals surface area contributed by atoms with E-state index in [9.17, 15) is 18.0 Å². The summed E-state index contributed by atoms with van der Waals surface area (Å²) >= 11 is 0. The predicted molar refractivity (Wildman–Crippen MR) is 76.0 cm³/mol. The van der Waals surface area contributed by atoms with Crippen molar-refractivity contribution in [3.63, 3.8) is 0 Å². The lowest BCUT2D eigenvalue weighted by molar-refractivity contribution is -0.142. The number of hydrogen-bond acceptors (Lipinski definition) is 5. The molecule has 3 heterocycles. The van der Waals surface area contributed by atoms with E-state index in [1.807, 2.05) is 11.8 Å². The van der Waals surface area contributed by atoms with E-state index in [1.165, 1.54) is 0 Å². The van der Waals surface area contributed by atoms with E-state index < -0.39 is 17.4 Å². The first-order valence-corrected chi connectivity index (χ1v) is 7.03. The summed E-state index contributed by atoms with van der Waals surface area (Å²) in [5.41, 5.74) is -0.757. The topological polar surface area (TPSA) is 63.9 Å². The number of halogens is 3. The summed E-state index contributed by atoms with van der Waals surface area (Å²) in [7, 11) is 0. The van der Waals surface area contributed by atoms with Crippen LogP contribution in [0, 0.1) is 12.8 Å². The van der Waals surface area contributed by atoms with Crippen molar-refractivity contribution in [3.05, 3.63) is 46.1 Å². The van der Waals surface area contributed by atoms with Gasteiger partial charge in [-0.05, 0) is 19.1 Å². The van der Waals surface area contributed by atoms with Gasteiger partial charge in [0.05, 0.1) is 6.54 Å². The van der Waals surface area contributed by atoms with Gasteiger partial charge in [-0.2, -0.15) is 18.3 Å². The van der Waals surface area contributed by atoms with Crippen LogP contribution in [0.2, 0.25) is 0 Å². The van der Waals surface area contributed by atoms with E-state index in [2.05, 4.69) is 15.1 Å². The minimum atomic E-state index is -4.56. The van der Waals surface area contributed by atoms with Crippen LogP contribution in [0.1, 0.15) is 11.4 Å². The van der Waals surface area contributed by atoms with Crippen LogP contribution in [0.3, 0.4) is 0 Å². The molecule has 3 rings (SSSR count). The van der Waals surface area contributed by atoms with Crippen molar-refractivity contribution in [1.82, 2.24) is 19.7 Å². The van der Waals surface area contributed by atoms with E-state index in [4.69, 9.17) is 0 Å². The molecule has 0 amide bonds. The molecule has 0 bridgehead atoms. The van der Waals surface area contributed by atoms with Gasteiger partial charge in [0.25, 0.3) is 5.56 Å². The summed E-state index contributed by atoms with van der Waals surface area (Å²) in [6.07, 6.45) is -2.90. The fourth-order valence-corrected chi connectivity index (χ4v) is 2.41. The third kappa shape index (κ3) is 3.33. The van der Waals surface area contributed by atoms with Gasteiger partial charge in [-0.25, -0.2) is 14.6 Å². The molecule has 0 spiro atoms. The van der Waals surface area contributed by atoms with Crippen LogP contribution in [0.4, 0.5) is 19.1 Å². The van der Waals surface area contributed by atoms with Gasteiger partial charge in [-0.15, -0.1) is 0 Å². The molecule has 0 atom stereocenters. The van der Waals surface area contributed by atoms with Crippen LogP contribution >= 0.6 is 0 Å². The highest BCUT2D eigenvalue weighted by Crippen LogP contribution is 2.27. The molecule has 0 radical (unpaired) electrons. The molecule has 1 saturated heterocycles. The maximum Gasteiger partial charge on any atom is 0.435 e. The zero-order valence-electron chi connectivity index (χ0n) is 12.3. The summed E-state index contributed by atoms with van der Waals surface area (Å²) < 4.78 is 38.8. The van der Waals surface area contributed by atoms with Gasteiger partial charge in [-0.1, -0.05) is 0 Å². The SMILES string of the molecule is Cc1ccnc(N2CC(Cn3nc(C(F)(F)F)ccc3=O)C2)n1. The number of hydrogen-bond donors (Lipinski definition) is 0. The summed E-state index contributed by atoms with van der Waals surface area (Å²) in [6, 6.07) is 3.38. The zero-order chi connectivity index (χ0) is 16.6. The van der Waals surface area contributed by atoms with Crippen LogP contribution in [-0.2, 0) is 12.7 Å². The van der Waals surface area contributed by atoms with Gasteiger partial charge in [-0.3, -0.25) is 4.79 Å². The lowest BCUT2D eigenvalue weighted by atomic mass is 10.0. The lowest BCUT2D eigenvalue weighted by Crippen LogP contribution is -2.50. The Bertz CT molecular complexity index is 767. The summed E-state index contributed by atoms with van der Waals surface area (Å²) in [5.74, 6) is 0.624. The smallest absolute Gasteiger partial charge is 0.340 e. The quantitative estimate of drug-likeness (QED) is 0.856. The van der Waals surface area contributed by atoms with Crippen molar-refractivity contribution in [2.45, 2.75) is 19.6 Å². The van der Waals surface area contributed by atoms with E-state index in [0.717, 1.165) is 16.4 Å². The molecule has 2 aromatic rings. The van der Waals surface area contributed by atoms with Gasteiger partial charge < -0.3 is 4.90 Å². The second-order valence-corrected chi connectivity index (χ2v) is 5.51. The van der Waals surface area contributed by atoms with E-state index in [1.54, 1.807) is 12.3 Å². The maximum absolute atomic E-state index is 12.7. The van der Waals surface area contributed by atoms with Gasteiger partial charge in [0, 0.05) is 37.0 Å². The van der Waals surface area contributed by atoms with Crippen molar-refractivity contribution in [1.29, 1.82) is 0 Å². The van der Waals surface area contributed by atoms with Crippen LogP contribution in [0.5, 0.6) is 0 Å². The van der Waals surface area contributed by atoms with E-state index >= 15 is 0 Å². The normalized spacial score (nSPS) is 15.6. The van der Waals surface area contributed by atoms with Crippen molar-refractivity contribution >= 4 is 5.95 Å². The van der Waals surface area contributed by atoms with Crippen LogP contribution in [0.15, 0.2) is 29.2 Å². The Morgan fingerprint density at radius 3 is 2.65 bits per heavy atom. The van der Waals surface area contributed by atoms with Crippen molar-refractivity contribution < 1.29 is 13.2 Å². The standard InChI is InChI=1S/C14H14F3N5O/c1-9-4-5-18-13(19-9)21-6-10(7-21)8-22-12(23)3-2-11(20-22)14(15,16)17/h2-5,10H,6-8H2,1H3. The Hall–Kier alpha value is -2.45. The second-order valence-electron chi connectivity index (χ2n) is 5.51. The third-order valence-electron chi connectivity index (χ3n) is 3.61. The number of aromatic nitrogens is 4. The van der Waals surface area contributed by atoms with E-state index in [-0.39, 0.29) is 12.5 Å². The average molecular weight is 325 g/mol. The minimum absolute atomic E-state index is 0.0350. The molecule has 6 nitrogen and oxygen atoms in total. The van der Waals surface area contributed by atoms with Crippen LogP contribution in [0.25, 0.3) is 0 Å². The van der Waals surface area contributed by atoms with Gasteiger partial charge in [0.2, 0.25) is 5.95 Å². The molecular formula is C14H14F3N5O.